The van der Waals surface area contributed by atoms with Gasteiger partial charge in [0.25, 0.3) is 0 Å². The Hall–Kier alpha value is 0.618. The Bertz CT molecular complexity index is 226. The molecule has 0 aliphatic carbocycles. The average molecular weight is 360 g/mol. The summed E-state index contributed by atoms with van der Waals surface area (Å²) in [5, 5.41) is 1.37. The van der Waals surface area contributed by atoms with Gasteiger partial charge in [-0.2, -0.15) is 0 Å². The Morgan fingerprint density at radius 2 is 1.73 bits per heavy atom. The summed E-state index contributed by atoms with van der Waals surface area (Å²) < 4.78 is 1.15. The Morgan fingerprint density at radius 1 is 1.27 bits per heavy atom. The van der Waals surface area contributed by atoms with Gasteiger partial charge in [0.2, 0.25) is 0 Å². The van der Waals surface area contributed by atoms with Crippen molar-refractivity contribution in [1.82, 2.24) is 0 Å². The molecule has 0 aromatic rings. The van der Waals surface area contributed by atoms with Crippen LogP contribution in [-0.2, 0) is 19.4 Å². The minimum atomic E-state index is 0.607. The van der Waals surface area contributed by atoms with E-state index in [4.69, 9.17) is 23.2 Å². The number of allylic oxidation sites excluding steroid dienone is 4. The van der Waals surface area contributed by atoms with E-state index in [1.807, 2.05) is 13.8 Å². The first-order valence-electron chi connectivity index (χ1n) is 3.08. The molecule has 0 saturated carbocycles. The van der Waals surface area contributed by atoms with Gasteiger partial charge in [-0.1, -0.05) is 0 Å². The number of rotatable bonds is 2. The van der Waals surface area contributed by atoms with E-state index in [0.717, 1.165) is 14.5 Å². The quantitative estimate of drug-likeness (QED) is 0.524. The van der Waals surface area contributed by atoms with Crippen LogP contribution < -0.4 is 0 Å². The molecule has 0 atom stereocenters. The molecule has 0 aliphatic rings. The van der Waals surface area contributed by atoms with E-state index in [1.54, 1.807) is 6.92 Å². The average Bonchev–Trinajstić information content (AvgIpc) is 2.00. The maximum absolute atomic E-state index is 5.96. The molecule has 0 bridgehead atoms. The van der Waals surface area contributed by atoms with Crippen molar-refractivity contribution in [2.45, 2.75) is 20.8 Å². The fraction of sp³-hybridized carbons (Fsp3) is 0.375. The van der Waals surface area contributed by atoms with Crippen molar-refractivity contribution in [3.8, 4) is 0 Å². The SMILES string of the molecule is C[C-]=C(Cl)/C(C)=C(/Cl)[C](C)=[W]. The molecule has 0 nitrogen and oxygen atoms in total. The molecule has 0 saturated heterocycles. The Morgan fingerprint density at radius 3 is 2.00 bits per heavy atom. The molecule has 11 heavy (non-hydrogen) atoms. The molecular formula is C8H9Cl2W-. The molecular weight excluding hydrogens is 351 g/mol. The third kappa shape index (κ3) is 3.69. The molecule has 0 unspecified atom stereocenters. The summed E-state index contributed by atoms with van der Waals surface area (Å²) in [5.41, 5.74) is 0.906. The van der Waals surface area contributed by atoms with Gasteiger partial charge in [-0.05, 0) is 0 Å². The summed E-state index contributed by atoms with van der Waals surface area (Å²) >= 11 is 13.1. The molecule has 0 aromatic heterocycles. The molecule has 0 amide bonds. The van der Waals surface area contributed by atoms with E-state index < -0.39 is 0 Å². The van der Waals surface area contributed by atoms with E-state index in [2.05, 4.69) is 6.08 Å². The Balaban J connectivity index is 4.81. The van der Waals surface area contributed by atoms with Crippen LogP contribution in [-0.4, -0.2) is 3.90 Å². The summed E-state index contributed by atoms with van der Waals surface area (Å²) in [4.78, 5) is 0. The van der Waals surface area contributed by atoms with Crippen molar-refractivity contribution < 1.29 is 19.4 Å². The van der Waals surface area contributed by atoms with E-state index >= 15 is 0 Å². The summed E-state index contributed by atoms with van der Waals surface area (Å²) in [5.74, 6) is 0. The van der Waals surface area contributed by atoms with Crippen LogP contribution in [0.2, 0.25) is 0 Å². The normalized spacial score (nSPS) is 14.5. The van der Waals surface area contributed by atoms with Crippen LogP contribution in [0.25, 0.3) is 0 Å². The van der Waals surface area contributed by atoms with Gasteiger partial charge in [0.1, 0.15) is 0 Å². The van der Waals surface area contributed by atoms with Crippen LogP contribution in [0, 0.1) is 6.08 Å². The summed E-state index contributed by atoms with van der Waals surface area (Å²) in [6.45, 7) is 5.66. The van der Waals surface area contributed by atoms with Crippen LogP contribution in [0.1, 0.15) is 20.8 Å². The molecule has 0 heterocycles. The van der Waals surface area contributed by atoms with Gasteiger partial charge >= 0.3 is 88.9 Å². The topological polar surface area (TPSA) is 0 Å². The van der Waals surface area contributed by atoms with Gasteiger partial charge < -0.3 is 0 Å². The monoisotopic (exact) mass is 359 g/mol. The maximum atomic E-state index is 5.96. The zero-order valence-electron chi connectivity index (χ0n) is 6.66. The molecule has 0 rings (SSSR count). The second kappa shape index (κ2) is 5.30. The molecule has 62 valence electrons. The van der Waals surface area contributed by atoms with Crippen LogP contribution in [0.3, 0.4) is 0 Å². The Kier molecular flexibility index (Phi) is 5.59. The third-order valence-electron chi connectivity index (χ3n) is 1.19. The predicted molar refractivity (Wildman–Crippen MR) is 47.5 cm³/mol. The fourth-order valence-corrected chi connectivity index (χ4v) is 1.34. The predicted octanol–water partition coefficient (Wildman–Crippen LogP) is 3.18. The van der Waals surface area contributed by atoms with E-state index in [-0.39, 0.29) is 0 Å². The van der Waals surface area contributed by atoms with E-state index in [1.165, 1.54) is 19.4 Å². The summed E-state index contributed by atoms with van der Waals surface area (Å²) in [6.07, 6.45) is 2.84. The first-order valence-corrected chi connectivity index (χ1v) is 5.30. The molecule has 0 N–H and O–H groups in total. The molecule has 3 heteroatoms. The van der Waals surface area contributed by atoms with Gasteiger partial charge in [0.05, 0.1) is 0 Å². The second-order valence-electron chi connectivity index (χ2n) is 2.06. The van der Waals surface area contributed by atoms with Crippen molar-refractivity contribution >= 4 is 27.1 Å². The molecule has 0 spiro atoms. The fourth-order valence-electron chi connectivity index (χ4n) is 0.548. The zero-order chi connectivity index (χ0) is 9.02. The Labute approximate surface area is 88.7 Å². The van der Waals surface area contributed by atoms with Crippen molar-refractivity contribution in [2.24, 2.45) is 0 Å². The van der Waals surface area contributed by atoms with Crippen LogP contribution in [0.4, 0.5) is 0 Å². The van der Waals surface area contributed by atoms with Crippen LogP contribution in [0.15, 0.2) is 15.6 Å². The first-order chi connectivity index (χ1) is 5.00. The minimum absolute atomic E-state index is 0.607. The summed E-state index contributed by atoms with van der Waals surface area (Å²) in [7, 11) is 0. The van der Waals surface area contributed by atoms with Gasteiger partial charge in [0, 0.05) is 0 Å². The van der Waals surface area contributed by atoms with Crippen molar-refractivity contribution in [3.63, 3.8) is 0 Å². The zero-order valence-corrected chi connectivity index (χ0v) is 11.1. The van der Waals surface area contributed by atoms with Crippen molar-refractivity contribution in [2.75, 3.05) is 0 Å². The van der Waals surface area contributed by atoms with Gasteiger partial charge in [-0.25, -0.2) is 0 Å². The first kappa shape index (κ1) is 11.6. The molecule has 0 fully saturated rings. The summed E-state index contributed by atoms with van der Waals surface area (Å²) in [6, 6.07) is 0. The second-order valence-corrected chi connectivity index (χ2v) is 5.02. The molecule has 0 radical (unpaired) electrons. The van der Waals surface area contributed by atoms with Crippen LogP contribution in [0.5, 0.6) is 0 Å². The third-order valence-corrected chi connectivity index (χ3v) is 3.41. The van der Waals surface area contributed by atoms with Gasteiger partial charge in [-0.15, -0.1) is 0 Å². The van der Waals surface area contributed by atoms with Gasteiger partial charge in [0.15, 0.2) is 0 Å². The molecule has 0 aliphatic heterocycles. The van der Waals surface area contributed by atoms with Crippen LogP contribution >= 0.6 is 23.2 Å². The number of halogens is 2. The van der Waals surface area contributed by atoms with Crippen molar-refractivity contribution in [3.05, 3.63) is 21.7 Å². The van der Waals surface area contributed by atoms with Gasteiger partial charge in [-0.3, -0.25) is 0 Å². The number of hydrogen-bond donors (Lipinski definition) is 0. The standard InChI is InChI=1S/C8H9Cl2.W/c1-4-7(9)6(3)8(10)5-2;/h1-3H3;/q-1;/b7-6+;. The van der Waals surface area contributed by atoms with E-state index in [0.29, 0.717) is 5.03 Å². The van der Waals surface area contributed by atoms with Crippen molar-refractivity contribution in [1.29, 1.82) is 0 Å². The van der Waals surface area contributed by atoms with E-state index in [9.17, 15) is 0 Å². The molecule has 0 aromatic carbocycles. The number of hydrogen-bond acceptors (Lipinski definition) is 0.